The summed E-state index contributed by atoms with van der Waals surface area (Å²) in [5, 5.41) is 5.57. The van der Waals surface area contributed by atoms with Crippen LogP contribution in [-0.4, -0.2) is 31.6 Å². The van der Waals surface area contributed by atoms with Crippen LogP contribution in [0.3, 0.4) is 0 Å². The number of halogens is 1. The zero-order chi connectivity index (χ0) is 15.0. The fourth-order valence-corrected chi connectivity index (χ4v) is 1.68. The van der Waals surface area contributed by atoms with Crippen molar-refractivity contribution in [3.63, 3.8) is 0 Å². The van der Waals surface area contributed by atoms with Crippen LogP contribution in [0.5, 0.6) is 0 Å². The first kappa shape index (κ1) is 16.5. The van der Waals surface area contributed by atoms with E-state index in [0.29, 0.717) is 36.9 Å². The second-order valence-corrected chi connectivity index (χ2v) is 4.66. The van der Waals surface area contributed by atoms with Gasteiger partial charge in [0.2, 0.25) is 0 Å². The van der Waals surface area contributed by atoms with Gasteiger partial charge in [-0.05, 0) is 38.0 Å². The Morgan fingerprint density at radius 3 is 2.75 bits per heavy atom. The molecule has 0 aliphatic rings. The van der Waals surface area contributed by atoms with Crippen LogP contribution < -0.4 is 10.6 Å². The van der Waals surface area contributed by atoms with Crippen LogP contribution >= 0.6 is 11.6 Å². The van der Waals surface area contributed by atoms with Crippen LogP contribution in [0.2, 0.25) is 5.02 Å². The second-order valence-electron chi connectivity index (χ2n) is 4.22. The minimum Gasteiger partial charge on any atom is -0.382 e. The molecule has 1 aromatic carbocycles. The molecule has 2 amide bonds. The fourth-order valence-electron chi connectivity index (χ4n) is 1.51. The smallest absolute Gasteiger partial charge is 0.313 e. The van der Waals surface area contributed by atoms with Crippen LogP contribution in [-0.2, 0) is 14.3 Å². The molecule has 1 rings (SSSR count). The Morgan fingerprint density at radius 1 is 1.30 bits per heavy atom. The standard InChI is InChI=1S/C14H19ClN2O3/c1-3-20-8-4-7-16-13(18)14(19)17-12-9-11(15)6-5-10(12)2/h5-6,9H,3-4,7-8H2,1-2H3,(H,16,18)(H,17,19). The van der Waals surface area contributed by atoms with Gasteiger partial charge in [-0.15, -0.1) is 0 Å². The molecule has 0 aliphatic carbocycles. The number of carbonyl (C=O) groups is 2. The first-order valence-electron chi connectivity index (χ1n) is 6.47. The fraction of sp³-hybridized carbons (Fsp3) is 0.429. The van der Waals surface area contributed by atoms with Crippen molar-refractivity contribution in [2.24, 2.45) is 0 Å². The van der Waals surface area contributed by atoms with Crippen LogP contribution in [0, 0.1) is 6.92 Å². The molecule has 0 saturated heterocycles. The number of aryl methyl sites for hydroxylation is 1. The lowest BCUT2D eigenvalue weighted by atomic mass is 10.2. The Morgan fingerprint density at radius 2 is 2.05 bits per heavy atom. The summed E-state index contributed by atoms with van der Waals surface area (Å²) in [4.78, 5) is 23.3. The molecule has 0 aliphatic heterocycles. The molecule has 6 heteroatoms. The van der Waals surface area contributed by atoms with E-state index in [1.165, 1.54) is 0 Å². The number of hydrogen-bond donors (Lipinski definition) is 2. The SMILES string of the molecule is CCOCCCNC(=O)C(=O)Nc1cc(Cl)ccc1C. The molecule has 0 saturated carbocycles. The van der Waals surface area contributed by atoms with E-state index in [9.17, 15) is 9.59 Å². The van der Waals surface area contributed by atoms with Crippen molar-refractivity contribution < 1.29 is 14.3 Å². The number of hydrogen-bond acceptors (Lipinski definition) is 3. The first-order valence-corrected chi connectivity index (χ1v) is 6.85. The Hall–Kier alpha value is -1.59. The van der Waals surface area contributed by atoms with Gasteiger partial charge in [-0.25, -0.2) is 0 Å². The summed E-state index contributed by atoms with van der Waals surface area (Å²) in [5.41, 5.74) is 1.37. The highest BCUT2D eigenvalue weighted by atomic mass is 35.5. The van der Waals surface area contributed by atoms with Crippen LogP contribution in [0.15, 0.2) is 18.2 Å². The van der Waals surface area contributed by atoms with Gasteiger partial charge in [0.15, 0.2) is 0 Å². The van der Waals surface area contributed by atoms with Crippen molar-refractivity contribution in [3.8, 4) is 0 Å². The zero-order valence-electron chi connectivity index (χ0n) is 11.7. The Kier molecular flexibility index (Phi) is 7.04. The molecule has 0 atom stereocenters. The van der Waals surface area contributed by atoms with E-state index in [4.69, 9.17) is 16.3 Å². The average Bonchev–Trinajstić information content (AvgIpc) is 2.42. The third-order valence-electron chi connectivity index (χ3n) is 2.61. The molecule has 0 heterocycles. The number of amides is 2. The maximum atomic E-state index is 11.7. The predicted octanol–water partition coefficient (Wildman–Crippen LogP) is 2.13. The number of anilines is 1. The topological polar surface area (TPSA) is 67.4 Å². The summed E-state index contributed by atoms with van der Waals surface area (Å²) in [6.07, 6.45) is 0.670. The summed E-state index contributed by atoms with van der Waals surface area (Å²) in [7, 11) is 0. The molecule has 110 valence electrons. The van der Waals surface area contributed by atoms with Crippen molar-refractivity contribution >= 4 is 29.1 Å². The predicted molar refractivity (Wildman–Crippen MR) is 78.9 cm³/mol. The molecule has 1 aromatic rings. The molecule has 0 fully saturated rings. The number of benzene rings is 1. The third-order valence-corrected chi connectivity index (χ3v) is 2.84. The van der Waals surface area contributed by atoms with Crippen LogP contribution in [0.25, 0.3) is 0 Å². The van der Waals surface area contributed by atoms with Crippen molar-refractivity contribution in [2.45, 2.75) is 20.3 Å². The normalized spacial score (nSPS) is 10.2. The van der Waals surface area contributed by atoms with Gasteiger partial charge in [0.1, 0.15) is 0 Å². The lowest BCUT2D eigenvalue weighted by Gasteiger charge is -2.09. The summed E-state index contributed by atoms with van der Waals surface area (Å²) in [6.45, 7) is 5.33. The molecule has 0 unspecified atom stereocenters. The number of ether oxygens (including phenoxy) is 1. The quantitative estimate of drug-likeness (QED) is 0.624. The monoisotopic (exact) mass is 298 g/mol. The minimum atomic E-state index is -0.702. The molecule has 0 aromatic heterocycles. The van der Waals surface area contributed by atoms with Crippen molar-refractivity contribution in [2.75, 3.05) is 25.1 Å². The van der Waals surface area contributed by atoms with Gasteiger partial charge in [-0.2, -0.15) is 0 Å². The van der Waals surface area contributed by atoms with E-state index < -0.39 is 11.8 Å². The van der Waals surface area contributed by atoms with E-state index in [1.54, 1.807) is 18.2 Å². The van der Waals surface area contributed by atoms with E-state index in [2.05, 4.69) is 10.6 Å². The molecule has 0 radical (unpaired) electrons. The molecular formula is C14H19ClN2O3. The largest absolute Gasteiger partial charge is 0.382 e. The second kappa shape index (κ2) is 8.55. The Labute approximate surface area is 123 Å². The molecular weight excluding hydrogens is 280 g/mol. The highest BCUT2D eigenvalue weighted by molar-refractivity contribution is 6.40. The van der Waals surface area contributed by atoms with Crippen LogP contribution in [0.4, 0.5) is 5.69 Å². The van der Waals surface area contributed by atoms with Crippen molar-refractivity contribution in [1.82, 2.24) is 5.32 Å². The minimum absolute atomic E-state index is 0.404. The van der Waals surface area contributed by atoms with Gasteiger partial charge in [0.25, 0.3) is 0 Å². The maximum Gasteiger partial charge on any atom is 0.313 e. The third kappa shape index (κ3) is 5.59. The average molecular weight is 299 g/mol. The van der Waals surface area contributed by atoms with Gasteiger partial charge in [-0.1, -0.05) is 17.7 Å². The zero-order valence-corrected chi connectivity index (χ0v) is 12.4. The molecule has 20 heavy (non-hydrogen) atoms. The Bertz CT molecular complexity index is 477. The van der Waals surface area contributed by atoms with E-state index >= 15 is 0 Å². The first-order chi connectivity index (χ1) is 9.54. The highest BCUT2D eigenvalue weighted by Crippen LogP contribution is 2.19. The Balaban J connectivity index is 2.41. The summed E-state index contributed by atoms with van der Waals surface area (Å²) < 4.78 is 5.13. The maximum absolute atomic E-state index is 11.7. The number of rotatable bonds is 6. The van der Waals surface area contributed by atoms with E-state index in [0.717, 1.165) is 5.56 Å². The van der Waals surface area contributed by atoms with Gasteiger partial charge in [0.05, 0.1) is 0 Å². The van der Waals surface area contributed by atoms with E-state index in [-0.39, 0.29) is 0 Å². The molecule has 5 nitrogen and oxygen atoms in total. The van der Waals surface area contributed by atoms with Gasteiger partial charge in [0, 0.05) is 30.5 Å². The molecule has 0 spiro atoms. The molecule has 0 bridgehead atoms. The summed E-state index contributed by atoms with van der Waals surface area (Å²) >= 11 is 5.85. The number of nitrogens with one attached hydrogen (secondary N) is 2. The van der Waals surface area contributed by atoms with Gasteiger partial charge >= 0.3 is 11.8 Å². The highest BCUT2D eigenvalue weighted by Gasteiger charge is 2.14. The summed E-state index contributed by atoms with van der Waals surface area (Å²) in [6, 6.07) is 5.11. The lowest BCUT2D eigenvalue weighted by molar-refractivity contribution is -0.136. The number of carbonyl (C=O) groups excluding carboxylic acids is 2. The van der Waals surface area contributed by atoms with Gasteiger partial charge in [-0.3, -0.25) is 9.59 Å². The van der Waals surface area contributed by atoms with Gasteiger partial charge < -0.3 is 15.4 Å². The lowest BCUT2D eigenvalue weighted by Crippen LogP contribution is -2.36. The summed E-state index contributed by atoms with van der Waals surface area (Å²) in [5.74, 6) is -1.37. The van der Waals surface area contributed by atoms with E-state index in [1.807, 2.05) is 13.8 Å². The van der Waals surface area contributed by atoms with Crippen molar-refractivity contribution in [3.05, 3.63) is 28.8 Å². The van der Waals surface area contributed by atoms with Crippen LogP contribution in [0.1, 0.15) is 18.9 Å². The molecule has 2 N–H and O–H groups in total. The van der Waals surface area contributed by atoms with Crippen molar-refractivity contribution in [1.29, 1.82) is 0 Å².